The van der Waals surface area contributed by atoms with Gasteiger partial charge in [0.15, 0.2) is 11.6 Å². The maximum atomic E-state index is 13.7. The lowest BCUT2D eigenvalue weighted by atomic mass is 10.0. The molecule has 1 N–H and O–H groups in total. The molecule has 0 fully saturated rings. The molecule has 0 radical (unpaired) electrons. The first-order valence-electron chi connectivity index (χ1n) is 6.62. The molecule has 1 aromatic heterocycles. The Hall–Kier alpha value is -2.01. The van der Waals surface area contributed by atoms with Crippen LogP contribution in [0, 0.1) is 5.82 Å². The molecule has 104 valence electrons. The second-order valence-electron chi connectivity index (χ2n) is 4.82. The third kappa shape index (κ3) is 2.49. The molecule has 0 unspecified atom stereocenters. The molecule has 2 aromatic rings. The first kappa shape index (κ1) is 13.0. The van der Waals surface area contributed by atoms with Crippen molar-refractivity contribution in [1.29, 1.82) is 0 Å². The molecule has 1 aliphatic rings. The van der Waals surface area contributed by atoms with Gasteiger partial charge in [0.1, 0.15) is 6.33 Å². The van der Waals surface area contributed by atoms with E-state index in [4.69, 9.17) is 4.74 Å². The lowest BCUT2D eigenvalue weighted by molar-refractivity contribution is 0.386. The van der Waals surface area contributed by atoms with Crippen molar-refractivity contribution in [3.63, 3.8) is 0 Å². The van der Waals surface area contributed by atoms with Gasteiger partial charge in [0.25, 0.3) is 0 Å². The number of nitrogens with zero attached hydrogens (tertiary/aromatic N) is 2. The monoisotopic (exact) mass is 273 g/mol. The fraction of sp³-hybridized carbons (Fsp3) is 0.333. The van der Waals surface area contributed by atoms with Crippen molar-refractivity contribution in [3.8, 4) is 5.75 Å². The first-order chi connectivity index (χ1) is 9.78. The Morgan fingerprint density at radius 3 is 3.05 bits per heavy atom. The molecule has 0 saturated carbocycles. The quantitative estimate of drug-likeness (QED) is 0.927. The van der Waals surface area contributed by atoms with Gasteiger partial charge >= 0.3 is 0 Å². The molecule has 0 bridgehead atoms. The van der Waals surface area contributed by atoms with Crippen LogP contribution in [0.3, 0.4) is 0 Å². The van der Waals surface area contributed by atoms with E-state index in [-0.39, 0.29) is 11.6 Å². The number of hydrogen-bond acceptors (Lipinski definition) is 4. The molecular weight excluding hydrogens is 257 g/mol. The van der Waals surface area contributed by atoms with E-state index >= 15 is 0 Å². The van der Waals surface area contributed by atoms with Crippen molar-refractivity contribution in [2.75, 3.05) is 13.7 Å². The summed E-state index contributed by atoms with van der Waals surface area (Å²) in [6.45, 7) is 1.73. The summed E-state index contributed by atoms with van der Waals surface area (Å²) in [5, 5.41) is 3.32. The molecule has 0 atom stereocenters. The predicted octanol–water partition coefficient (Wildman–Crippen LogP) is 1.86. The van der Waals surface area contributed by atoms with Crippen molar-refractivity contribution in [2.24, 2.45) is 0 Å². The van der Waals surface area contributed by atoms with Gasteiger partial charge in [-0.1, -0.05) is 6.07 Å². The van der Waals surface area contributed by atoms with Crippen LogP contribution in [0.4, 0.5) is 4.39 Å². The average Bonchev–Trinajstić information content (AvgIpc) is 2.48. The van der Waals surface area contributed by atoms with Gasteiger partial charge in [-0.15, -0.1) is 0 Å². The van der Waals surface area contributed by atoms with Crippen LogP contribution in [-0.4, -0.2) is 23.6 Å². The van der Waals surface area contributed by atoms with Gasteiger partial charge in [-0.2, -0.15) is 0 Å². The number of fused-ring (bicyclic) bond motifs is 1. The summed E-state index contributed by atoms with van der Waals surface area (Å²) in [5.41, 5.74) is 4.10. The van der Waals surface area contributed by atoms with Gasteiger partial charge in [-0.05, 0) is 17.7 Å². The highest BCUT2D eigenvalue weighted by molar-refractivity contribution is 5.35. The van der Waals surface area contributed by atoms with Crippen LogP contribution in [0.25, 0.3) is 0 Å². The lowest BCUT2D eigenvalue weighted by Crippen LogP contribution is -2.26. The highest BCUT2D eigenvalue weighted by atomic mass is 19.1. The number of halogens is 1. The van der Waals surface area contributed by atoms with E-state index in [2.05, 4.69) is 15.3 Å². The number of rotatable bonds is 3. The van der Waals surface area contributed by atoms with Crippen molar-refractivity contribution in [2.45, 2.75) is 19.4 Å². The summed E-state index contributed by atoms with van der Waals surface area (Å²) in [7, 11) is 1.46. The summed E-state index contributed by atoms with van der Waals surface area (Å²) in [5.74, 6) is -0.0776. The Balaban J connectivity index is 1.90. The Labute approximate surface area is 117 Å². The van der Waals surface area contributed by atoms with E-state index in [9.17, 15) is 4.39 Å². The molecule has 4 nitrogen and oxygen atoms in total. The third-order valence-electron chi connectivity index (χ3n) is 3.55. The maximum absolute atomic E-state index is 13.7. The Kier molecular flexibility index (Phi) is 3.60. The van der Waals surface area contributed by atoms with Gasteiger partial charge in [-0.3, -0.25) is 0 Å². The van der Waals surface area contributed by atoms with Crippen LogP contribution in [0.1, 0.15) is 22.5 Å². The summed E-state index contributed by atoms with van der Waals surface area (Å²) >= 11 is 0. The van der Waals surface area contributed by atoms with Crippen molar-refractivity contribution in [3.05, 3.63) is 52.9 Å². The predicted molar refractivity (Wildman–Crippen MR) is 73.2 cm³/mol. The smallest absolute Gasteiger partial charge is 0.165 e. The molecule has 0 amide bonds. The maximum Gasteiger partial charge on any atom is 0.165 e. The highest BCUT2D eigenvalue weighted by Crippen LogP contribution is 2.21. The molecule has 3 rings (SSSR count). The number of hydrogen-bond donors (Lipinski definition) is 1. The van der Waals surface area contributed by atoms with Crippen molar-refractivity contribution < 1.29 is 9.13 Å². The van der Waals surface area contributed by atoms with E-state index in [0.717, 1.165) is 42.0 Å². The standard InChI is InChI=1S/C15H16FN3O/c1-20-15-3-2-10(6-12(15)16)7-14-11-8-17-5-4-13(11)18-9-19-14/h2-3,6,9,17H,4-5,7-8H2,1H3. The molecular formula is C15H16FN3O. The molecule has 1 aromatic carbocycles. The molecule has 2 heterocycles. The Morgan fingerprint density at radius 2 is 2.25 bits per heavy atom. The molecule has 0 aliphatic carbocycles. The molecule has 0 saturated heterocycles. The number of benzene rings is 1. The van der Waals surface area contributed by atoms with E-state index in [0.29, 0.717) is 6.42 Å². The van der Waals surface area contributed by atoms with Crippen molar-refractivity contribution >= 4 is 0 Å². The Morgan fingerprint density at radius 1 is 1.35 bits per heavy atom. The molecule has 20 heavy (non-hydrogen) atoms. The van der Waals surface area contributed by atoms with Gasteiger partial charge in [0, 0.05) is 37.2 Å². The number of methoxy groups -OCH3 is 1. The zero-order valence-corrected chi connectivity index (χ0v) is 11.3. The minimum Gasteiger partial charge on any atom is -0.494 e. The van der Waals surface area contributed by atoms with Crippen LogP contribution in [0.15, 0.2) is 24.5 Å². The summed E-state index contributed by atoms with van der Waals surface area (Å²) < 4.78 is 18.7. The SMILES string of the molecule is COc1ccc(Cc2ncnc3c2CNCC3)cc1F. The Bertz CT molecular complexity index is 631. The molecule has 1 aliphatic heterocycles. The first-order valence-corrected chi connectivity index (χ1v) is 6.62. The summed E-state index contributed by atoms with van der Waals surface area (Å²) in [4.78, 5) is 8.68. The van der Waals surface area contributed by atoms with Crippen molar-refractivity contribution in [1.82, 2.24) is 15.3 Å². The molecule has 5 heteroatoms. The van der Waals surface area contributed by atoms with Crippen LogP contribution in [0.2, 0.25) is 0 Å². The summed E-state index contributed by atoms with van der Waals surface area (Å²) in [6.07, 6.45) is 3.12. The fourth-order valence-corrected chi connectivity index (χ4v) is 2.50. The van der Waals surface area contributed by atoms with Gasteiger partial charge in [0.05, 0.1) is 12.8 Å². The van der Waals surface area contributed by atoms with E-state index in [1.165, 1.54) is 13.2 Å². The van der Waals surface area contributed by atoms with E-state index < -0.39 is 0 Å². The summed E-state index contributed by atoms with van der Waals surface area (Å²) in [6, 6.07) is 5.02. The second-order valence-corrected chi connectivity index (χ2v) is 4.82. The zero-order chi connectivity index (χ0) is 13.9. The van der Waals surface area contributed by atoms with Crippen LogP contribution in [0.5, 0.6) is 5.75 Å². The number of aromatic nitrogens is 2. The zero-order valence-electron chi connectivity index (χ0n) is 11.3. The second kappa shape index (κ2) is 5.54. The van der Waals surface area contributed by atoms with Crippen LogP contribution < -0.4 is 10.1 Å². The van der Waals surface area contributed by atoms with Crippen LogP contribution >= 0.6 is 0 Å². The number of ether oxygens (including phenoxy) is 1. The van der Waals surface area contributed by atoms with E-state index in [1.54, 1.807) is 12.4 Å². The van der Waals surface area contributed by atoms with Gasteiger partial charge in [0.2, 0.25) is 0 Å². The molecule has 0 spiro atoms. The lowest BCUT2D eigenvalue weighted by Gasteiger charge is -2.18. The topological polar surface area (TPSA) is 47.0 Å². The fourth-order valence-electron chi connectivity index (χ4n) is 2.50. The van der Waals surface area contributed by atoms with E-state index in [1.807, 2.05) is 6.07 Å². The normalized spacial score (nSPS) is 13.9. The van der Waals surface area contributed by atoms with Gasteiger partial charge in [-0.25, -0.2) is 14.4 Å². The highest BCUT2D eigenvalue weighted by Gasteiger charge is 2.15. The minimum absolute atomic E-state index is 0.264. The van der Waals surface area contributed by atoms with Crippen LogP contribution in [-0.2, 0) is 19.4 Å². The van der Waals surface area contributed by atoms with Gasteiger partial charge < -0.3 is 10.1 Å². The number of nitrogens with one attached hydrogen (secondary N) is 1. The average molecular weight is 273 g/mol. The minimum atomic E-state index is -0.342. The largest absolute Gasteiger partial charge is 0.494 e. The third-order valence-corrected chi connectivity index (χ3v) is 3.55.